The molecule has 4 N–H and O–H groups in total. The molecule has 0 spiro atoms. The van der Waals surface area contributed by atoms with Gasteiger partial charge in [0, 0.05) is 12.1 Å². The molecule has 2 atom stereocenters. The Hall–Kier alpha value is -3.53. The standard InChI is InChI=1S/C23H24F2N4O4/c24-16-5-3-6-17(25)18(16)21-28-19(20(26)31)22(33-21)27-14-9-7-13(8-10-14)23(32)29-11-2-1-4-15(29)12-30/h3,5-9,14-15,27,30H,1-2,4,10-12H2,(H2,26,31). The van der Waals surface area contributed by atoms with Crippen LogP contribution in [-0.2, 0) is 4.79 Å². The van der Waals surface area contributed by atoms with Gasteiger partial charge in [0.2, 0.25) is 11.8 Å². The number of carbonyl (C=O) groups is 2. The number of aliphatic hydroxyl groups excluding tert-OH is 1. The van der Waals surface area contributed by atoms with Crippen molar-refractivity contribution in [2.75, 3.05) is 18.5 Å². The zero-order chi connectivity index (χ0) is 23.5. The molecule has 1 aliphatic carbocycles. The molecule has 1 fully saturated rings. The maximum Gasteiger partial charge on any atom is 0.273 e. The van der Waals surface area contributed by atoms with Crippen molar-refractivity contribution in [1.82, 2.24) is 9.88 Å². The summed E-state index contributed by atoms with van der Waals surface area (Å²) in [5, 5.41) is 12.5. The lowest BCUT2D eigenvalue weighted by Gasteiger charge is -2.35. The van der Waals surface area contributed by atoms with Crippen molar-refractivity contribution in [2.24, 2.45) is 5.73 Å². The van der Waals surface area contributed by atoms with Gasteiger partial charge in [-0.05, 0) is 37.8 Å². The molecule has 2 aromatic rings. The number of hydrogen-bond donors (Lipinski definition) is 3. The number of aromatic nitrogens is 1. The third-order valence-corrected chi connectivity index (χ3v) is 5.80. The maximum absolute atomic E-state index is 14.1. The van der Waals surface area contributed by atoms with E-state index in [9.17, 15) is 23.5 Å². The lowest BCUT2D eigenvalue weighted by Crippen LogP contribution is -2.46. The van der Waals surface area contributed by atoms with Crippen LogP contribution in [0.15, 0.2) is 46.4 Å². The molecule has 0 saturated carbocycles. The molecule has 4 rings (SSSR count). The van der Waals surface area contributed by atoms with Gasteiger partial charge in [-0.2, -0.15) is 0 Å². The Kier molecular flexibility index (Phi) is 6.55. The van der Waals surface area contributed by atoms with Gasteiger partial charge in [0.05, 0.1) is 18.7 Å². The van der Waals surface area contributed by atoms with E-state index >= 15 is 0 Å². The summed E-state index contributed by atoms with van der Waals surface area (Å²) in [5.41, 5.74) is 5.09. The number of nitrogens with zero attached hydrogens (tertiary/aromatic N) is 2. The number of carbonyl (C=O) groups excluding carboxylic acids is 2. The molecule has 174 valence electrons. The summed E-state index contributed by atoms with van der Waals surface area (Å²) in [6, 6.07) is 2.75. The Balaban J connectivity index is 1.50. The van der Waals surface area contributed by atoms with Gasteiger partial charge < -0.3 is 25.5 Å². The highest BCUT2D eigenvalue weighted by molar-refractivity contribution is 5.97. The molecule has 8 nitrogen and oxygen atoms in total. The summed E-state index contributed by atoms with van der Waals surface area (Å²) in [5.74, 6) is -3.36. The topological polar surface area (TPSA) is 122 Å². The van der Waals surface area contributed by atoms with E-state index in [1.807, 2.05) is 0 Å². The first kappa shape index (κ1) is 22.7. The average Bonchev–Trinajstić information content (AvgIpc) is 3.22. The number of halogens is 2. The molecular weight excluding hydrogens is 434 g/mol. The van der Waals surface area contributed by atoms with Crippen molar-refractivity contribution in [3.05, 3.63) is 59.3 Å². The highest BCUT2D eigenvalue weighted by Crippen LogP contribution is 2.31. The number of rotatable bonds is 6. The van der Waals surface area contributed by atoms with Gasteiger partial charge in [-0.15, -0.1) is 0 Å². The Labute approximate surface area is 188 Å². The molecule has 1 saturated heterocycles. The van der Waals surface area contributed by atoms with Gasteiger partial charge in [0.15, 0.2) is 5.69 Å². The number of aliphatic hydroxyl groups is 1. The molecule has 0 radical (unpaired) electrons. The predicted octanol–water partition coefficient (Wildman–Crippen LogP) is 2.76. The summed E-state index contributed by atoms with van der Waals surface area (Å²) in [4.78, 5) is 30.3. The second-order valence-corrected chi connectivity index (χ2v) is 7.99. The Bertz CT molecular complexity index is 1110. The van der Waals surface area contributed by atoms with Crippen molar-refractivity contribution < 1.29 is 27.9 Å². The quantitative estimate of drug-likeness (QED) is 0.612. The van der Waals surface area contributed by atoms with Gasteiger partial charge >= 0.3 is 0 Å². The van der Waals surface area contributed by atoms with Crippen molar-refractivity contribution in [3.63, 3.8) is 0 Å². The normalized spacial score (nSPS) is 20.5. The number of primary amides is 1. The fourth-order valence-electron chi connectivity index (χ4n) is 4.07. The minimum absolute atomic E-state index is 0.0702. The van der Waals surface area contributed by atoms with Crippen LogP contribution in [0.25, 0.3) is 11.5 Å². The molecule has 10 heteroatoms. The van der Waals surface area contributed by atoms with E-state index in [0.29, 0.717) is 18.5 Å². The number of anilines is 1. The number of amides is 2. The summed E-state index contributed by atoms with van der Waals surface area (Å²) in [6.07, 6.45) is 8.17. The summed E-state index contributed by atoms with van der Waals surface area (Å²) in [6.45, 7) is 0.533. The Morgan fingerprint density at radius 1 is 1.27 bits per heavy atom. The van der Waals surface area contributed by atoms with E-state index in [4.69, 9.17) is 10.2 Å². The smallest absolute Gasteiger partial charge is 0.273 e. The van der Waals surface area contributed by atoms with Crippen molar-refractivity contribution in [1.29, 1.82) is 0 Å². The van der Waals surface area contributed by atoms with Crippen LogP contribution >= 0.6 is 0 Å². The van der Waals surface area contributed by atoms with Crippen LogP contribution < -0.4 is 11.1 Å². The van der Waals surface area contributed by atoms with Crippen LogP contribution in [0.3, 0.4) is 0 Å². The molecule has 2 amide bonds. The van der Waals surface area contributed by atoms with Crippen LogP contribution in [-0.4, -0.2) is 52.0 Å². The molecule has 1 aromatic heterocycles. The Morgan fingerprint density at radius 3 is 2.67 bits per heavy atom. The summed E-state index contributed by atoms with van der Waals surface area (Å²) < 4.78 is 33.7. The molecule has 2 heterocycles. The lowest BCUT2D eigenvalue weighted by molar-refractivity contribution is -0.131. The number of nitrogens with one attached hydrogen (secondary N) is 1. The largest absolute Gasteiger partial charge is 0.420 e. The van der Waals surface area contributed by atoms with Gasteiger partial charge in [0.25, 0.3) is 11.8 Å². The number of hydrogen-bond acceptors (Lipinski definition) is 6. The number of oxazole rings is 1. The van der Waals surface area contributed by atoms with Gasteiger partial charge in [-0.3, -0.25) is 9.59 Å². The summed E-state index contributed by atoms with van der Waals surface area (Å²) in [7, 11) is 0. The highest BCUT2D eigenvalue weighted by atomic mass is 19.1. The van der Waals surface area contributed by atoms with Gasteiger partial charge in [0.1, 0.15) is 17.2 Å². The van der Waals surface area contributed by atoms with E-state index in [2.05, 4.69) is 10.3 Å². The number of piperidine rings is 1. The van der Waals surface area contributed by atoms with Crippen molar-refractivity contribution in [3.8, 4) is 11.5 Å². The van der Waals surface area contributed by atoms with Crippen molar-refractivity contribution >= 4 is 17.7 Å². The third-order valence-electron chi connectivity index (χ3n) is 5.80. The average molecular weight is 458 g/mol. The molecule has 1 aliphatic heterocycles. The fraction of sp³-hybridized carbons (Fsp3) is 0.348. The Morgan fingerprint density at radius 2 is 2.03 bits per heavy atom. The van der Waals surface area contributed by atoms with E-state index in [1.165, 1.54) is 6.07 Å². The second-order valence-electron chi connectivity index (χ2n) is 7.99. The molecule has 2 aliphatic rings. The first-order valence-corrected chi connectivity index (χ1v) is 10.7. The third kappa shape index (κ3) is 4.65. The number of likely N-dealkylation sites (tertiary alicyclic amines) is 1. The van der Waals surface area contributed by atoms with E-state index < -0.39 is 29.0 Å². The zero-order valence-corrected chi connectivity index (χ0v) is 17.8. The predicted molar refractivity (Wildman–Crippen MR) is 116 cm³/mol. The molecule has 0 bridgehead atoms. The van der Waals surface area contributed by atoms with E-state index in [1.54, 1.807) is 23.1 Å². The van der Waals surface area contributed by atoms with E-state index in [-0.39, 0.29) is 36.2 Å². The SMILES string of the molecule is NC(=O)c1nc(-c2c(F)cccc2F)oc1NC1C=CC(C(=O)N2CCCCC2CO)=CC1. The summed E-state index contributed by atoms with van der Waals surface area (Å²) >= 11 is 0. The van der Waals surface area contributed by atoms with Gasteiger partial charge in [-0.1, -0.05) is 24.3 Å². The van der Waals surface area contributed by atoms with Crippen LogP contribution in [0, 0.1) is 11.6 Å². The van der Waals surface area contributed by atoms with Crippen LogP contribution in [0.2, 0.25) is 0 Å². The molecular formula is C23H24F2N4O4. The first-order valence-electron chi connectivity index (χ1n) is 10.7. The van der Waals surface area contributed by atoms with Crippen LogP contribution in [0.5, 0.6) is 0 Å². The fourth-order valence-corrected chi connectivity index (χ4v) is 4.07. The van der Waals surface area contributed by atoms with Crippen LogP contribution in [0.4, 0.5) is 14.7 Å². The maximum atomic E-state index is 14.1. The lowest BCUT2D eigenvalue weighted by atomic mass is 9.98. The molecule has 2 unspecified atom stereocenters. The highest BCUT2D eigenvalue weighted by Gasteiger charge is 2.29. The molecule has 1 aromatic carbocycles. The first-order chi connectivity index (χ1) is 15.9. The number of nitrogens with two attached hydrogens (primary N) is 1. The zero-order valence-electron chi connectivity index (χ0n) is 17.8. The van der Waals surface area contributed by atoms with Crippen molar-refractivity contribution in [2.45, 2.75) is 37.8 Å². The number of benzene rings is 1. The minimum Gasteiger partial charge on any atom is -0.420 e. The minimum atomic E-state index is -0.921. The monoisotopic (exact) mass is 458 g/mol. The van der Waals surface area contributed by atoms with E-state index in [0.717, 1.165) is 31.4 Å². The molecule has 33 heavy (non-hydrogen) atoms. The van der Waals surface area contributed by atoms with Crippen LogP contribution in [0.1, 0.15) is 36.2 Å². The second kappa shape index (κ2) is 9.53. The van der Waals surface area contributed by atoms with Gasteiger partial charge in [-0.25, -0.2) is 13.8 Å².